The Hall–Kier alpha value is -2.53. The van der Waals surface area contributed by atoms with Crippen molar-refractivity contribution in [1.82, 2.24) is 10.3 Å². The summed E-state index contributed by atoms with van der Waals surface area (Å²) >= 11 is 5.44. The number of hydrogen-bond donors (Lipinski definition) is 3. The Morgan fingerprint density at radius 2 is 1.93 bits per heavy atom. The van der Waals surface area contributed by atoms with Gasteiger partial charge in [-0.25, -0.2) is 0 Å². The van der Waals surface area contributed by atoms with E-state index < -0.39 is 0 Å². The lowest BCUT2D eigenvalue weighted by Crippen LogP contribution is -2.27. The van der Waals surface area contributed by atoms with Gasteiger partial charge in [0, 0.05) is 28.8 Å². The van der Waals surface area contributed by atoms with Crippen molar-refractivity contribution < 1.29 is 4.74 Å². The van der Waals surface area contributed by atoms with E-state index in [9.17, 15) is 0 Å². The predicted molar refractivity (Wildman–Crippen MR) is 116 cm³/mol. The second-order valence-electron chi connectivity index (χ2n) is 6.93. The van der Waals surface area contributed by atoms with Gasteiger partial charge in [-0.05, 0) is 92.4 Å². The SMILES string of the molecule is CCOc1ccc(NC(=S)NCc2ccc3[nH]c4c(c3c2)CCCC4)cc1. The molecule has 1 aromatic heterocycles. The summed E-state index contributed by atoms with van der Waals surface area (Å²) in [7, 11) is 0. The zero-order valence-corrected chi connectivity index (χ0v) is 16.4. The summed E-state index contributed by atoms with van der Waals surface area (Å²) in [6.45, 7) is 3.35. The molecule has 4 nitrogen and oxygen atoms in total. The van der Waals surface area contributed by atoms with Crippen LogP contribution in [0.4, 0.5) is 5.69 Å². The number of aromatic nitrogens is 1. The summed E-state index contributed by atoms with van der Waals surface area (Å²) in [5, 5.41) is 8.52. The minimum absolute atomic E-state index is 0.621. The third kappa shape index (κ3) is 4.08. The van der Waals surface area contributed by atoms with E-state index in [-0.39, 0.29) is 0 Å². The molecular weight excluding hydrogens is 354 g/mol. The Bertz CT molecular complexity index is 946. The number of thiocarbonyl (C=S) groups is 1. The Morgan fingerprint density at radius 1 is 1.11 bits per heavy atom. The quantitative estimate of drug-likeness (QED) is 0.550. The first-order chi connectivity index (χ1) is 13.2. The fourth-order valence-electron chi connectivity index (χ4n) is 3.72. The maximum atomic E-state index is 5.46. The maximum Gasteiger partial charge on any atom is 0.171 e. The van der Waals surface area contributed by atoms with Gasteiger partial charge in [0.05, 0.1) is 6.61 Å². The van der Waals surface area contributed by atoms with Crippen LogP contribution in [0.15, 0.2) is 42.5 Å². The first kappa shape index (κ1) is 17.9. The predicted octanol–water partition coefficient (Wildman–Crippen LogP) is 4.93. The van der Waals surface area contributed by atoms with Gasteiger partial charge in [-0.2, -0.15) is 0 Å². The smallest absolute Gasteiger partial charge is 0.171 e. The fraction of sp³-hybridized carbons (Fsp3) is 0.318. The van der Waals surface area contributed by atoms with Crippen LogP contribution in [-0.4, -0.2) is 16.7 Å². The van der Waals surface area contributed by atoms with Crippen molar-refractivity contribution in [2.45, 2.75) is 39.2 Å². The van der Waals surface area contributed by atoms with Crippen molar-refractivity contribution in [3.8, 4) is 5.75 Å². The highest BCUT2D eigenvalue weighted by molar-refractivity contribution is 7.80. The molecule has 0 unspecified atom stereocenters. The van der Waals surface area contributed by atoms with Crippen LogP contribution in [0, 0.1) is 0 Å². The third-order valence-corrected chi connectivity index (χ3v) is 5.29. The van der Waals surface area contributed by atoms with E-state index in [0.29, 0.717) is 18.3 Å². The summed E-state index contributed by atoms with van der Waals surface area (Å²) in [6, 6.07) is 14.5. The van der Waals surface area contributed by atoms with E-state index in [0.717, 1.165) is 11.4 Å². The van der Waals surface area contributed by atoms with Crippen LogP contribution >= 0.6 is 12.2 Å². The second kappa shape index (κ2) is 8.01. The molecule has 0 radical (unpaired) electrons. The summed E-state index contributed by atoms with van der Waals surface area (Å²) in [4.78, 5) is 3.59. The highest BCUT2D eigenvalue weighted by Gasteiger charge is 2.15. The van der Waals surface area contributed by atoms with Crippen molar-refractivity contribution in [3.63, 3.8) is 0 Å². The molecule has 5 heteroatoms. The minimum Gasteiger partial charge on any atom is -0.494 e. The molecular formula is C22H25N3OS. The Morgan fingerprint density at radius 3 is 2.74 bits per heavy atom. The van der Waals surface area contributed by atoms with Gasteiger partial charge in [0.1, 0.15) is 5.75 Å². The molecule has 0 fully saturated rings. The fourth-order valence-corrected chi connectivity index (χ4v) is 3.91. The molecule has 4 rings (SSSR count). The average Bonchev–Trinajstić information content (AvgIpc) is 3.06. The van der Waals surface area contributed by atoms with Crippen LogP contribution in [0.2, 0.25) is 0 Å². The van der Waals surface area contributed by atoms with E-state index in [4.69, 9.17) is 17.0 Å². The molecule has 3 N–H and O–H groups in total. The van der Waals surface area contributed by atoms with Gasteiger partial charge >= 0.3 is 0 Å². The lowest BCUT2D eigenvalue weighted by Gasteiger charge is -2.12. The van der Waals surface area contributed by atoms with Crippen molar-refractivity contribution in [1.29, 1.82) is 0 Å². The van der Waals surface area contributed by atoms with Crippen molar-refractivity contribution in [3.05, 3.63) is 59.3 Å². The number of ether oxygens (including phenoxy) is 1. The molecule has 1 aliphatic carbocycles. The molecule has 27 heavy (non-hydrogen) atoms. The zero-order valence-electron chi connectivity index (χ0n) is 15.6. The van der Waals surface area contributed by atoms with Gasteiger partial charge in [-0.15, -0.1) is 0 Å². The lowest BCUT2D eigenvalue weighted by molar-refractivity contribution is 0.340. The molecule has 0 atom stereocenters. The summed E-state index contributed by atoms with van der Waals surface area (Å²) in [5.41, 5.74) is 6.37. The monoisotopic (exact) mass is 379 g/mol. The van der Waals surface area contributed by atoms with E-state index in [1.54, 1.807) is 0 Å². The van der Waals surface area contributed by atoms with Crippen LogP contribution in [0.1, 0.15) is 36.6 Å². The molecule has 0 amide bonds. The second-order valence-corrected chi connectivity index (χ2v) is 7.34. The molecule has 0 spiro atoms. The van der Waals surface area contributed by atoms with Gasteiger partial charge in [-0.3, -0.25) is 0 Å². The number of nitrogens with one attached hydrogen (secondary N) is 3. The largest absolute Gasteiger partial charge is 0.494 e. The van der Waals surface area contributed by atoms with Gasteiger partial charge in [0.2, 0.25) is 0 Å². The van der Waals surface area contributed by atoms with Crippen molar-refractivity contribution in [2.24, 2.45) is 0 Å². The maximum absolute atomic E-state index is 5.46. The van der Waals surface area contributed by atoms with E-state index in [2.05, 4.69) is 33.8 Å². The molecule has 3 aromatic rings. The van der Waals surface area contributed by atoms with Gasteiger partial charge in [-0.1, -0.05) is 6.07 Å². The third-order valence-electron chi connectivity index (χ3n) is 5.04. The van der Waals surface area contributed by atoms with Crippen LogP contribution in [0.25, 0.3) is 10.9 Å². The Balaban J connectivity index is 1.38. The number of benzene rings is 2. The van der Waals surface area contributed by atoms with Crippen molar-refractivity contribution in [2.75, 3.05) is 11.9 Å². The number of H-pyrrole nitrogens is 1. The molecule has 2 aromatic carbocycles. The van der Waals surface area contributed by atoms with Crippen LogP contribution in [-0.2, 0) is 19.4 Å². The first-order valence-corrected chi connectivity index (χ1v) is 10.0. The Labute approximate surface area is 165 Å². The van der Waals surface area contributed by atoms with Gasteiger partial charge in [0.15, 0.2) is 5.11 Å². The van der Waals surface area contributed by atoms with Crippen LogP contribution in [0.3, 0.4) is 0 Å². The molecule has 0 saturated carbocycles. The number of aromatic amines is 1. The molecule has 140 valence electrons. The van der Waals surface area contributed by atoms with E-state index >= 15 is 0 Å². The number of hydrogen-bond acceptors (Lipinski definition) is 2. The van der Waals surface area contributed by atoms with Gasteiger partial charge < -0.3 is 20.4 Å². The number of aryl methyl sites for hydroxylation is 2. The number of rotatable bonds is 5. The normalized spacial score (nSPS) is 13.2. The number of fused-ring (bicyclic) bond motifs is 3. The Kier molecular flexibility index (Phi) is 5.30. The topological polar surface area (TPSA) is 49.1 Å². The molecule has 1 heterocycles. The van der Waals surface area contributed by atoms with Crippen LogP contribution < -0.4 is 15.4 Å². The molecule has 0 saturated heterocycles. The standard InChI is InChI=1S/C22H25N3OS/c1-2-26-17-10-8-16(9-11-17)24-22(27)23-14-15-7-12-21-19(13-15)18-5-3-4-6-20(18)25-21/h7-13,25H,2-6,14H2,1H3,(H2,23,24,27). The van der Waals surface area contributed by atoms with Crippen LogP contribution in [0.5, 0.6) is 5.75 Å². The van der Waals surface area contributed by atoms with E-state index in [1.807, 2.05) is 31.2 Å². The highest BCUT2D eigenvalue weighted by Crippen LogP contribution is 2.29. The number of anilines is 1. The van der Waals surface area contributed by atoms with E-state index in [1.165, 1.54) is 53.4 Å². The average molecular weight is 380 g/mol. The first-order valence-electron chi connectivity index (χ1n) is 9.63. The summed E-state index contributed by atoms with van der Waals surface area (Å²) in [5.74, 6) is 0.866. The minimum atomic E-state index is 0.621. The highest BCUT2D eigenvalue weighted by atomic mass is 32.1. The zero-order chi connectivity index (χ0) is 18.6. The van der Waals surface area contributed by atoms with Gasteiger partial charge in [0.25, 0.3) is 0 Å². The summed E-state index contributed by atoms with van der Waals surface area (Å²) in [6.07, 6.45) is 4.94. The molecule has 0 bridgehead atoms. The molecule has 0 aliphatic heterocycles. The van der Waals surface area contributed by atoms with Crippen molar-refractivity contribution >= 4 is 33.9 Å². The summed E-state index contributed by atoms with van der Waals surface area (Å²) < 4.78 is 5.46. The lowest BCUT2D eigenvalue weighted by atomic mass is 9.95. The molecule has 1 aliphatic rings.